The van der Waals surface area contributed by atoms with E-state index in [-0.39, 0.29) is 19.4 Å². The molecule has 3 nitrogen and oxygen atoms in total. The minimum atomic E-state index is -3.85. The van der Waals surface area contributed by atoms with Gasteiger partial charge in [-0.3, -0.25) is 0 Å². The van der Waals surface area contributed by atoms with E-state index in [4.69, 9.17) is 4.74 Å². The summed E-state index contributed by atoms with van der Waals surface area (Å²) in [6.07, 6.45) is 0.537. The van der Waals surface area contributed by atoms with Gasteiger partial charge in [-0.25, -0.2) is 13.2 Å². The van der Waals surface area contributed by atoms with E-state index < -0.39 is 77.1 Å². The Morgan fingerprint density at radius 3 is 1.90 bits per heavy atom. The molecule has 1 fully saturated rings. The summed E-state index contributed by atoms with van der Waals surface area (Å²) in [5, 5.41) is 0. The van der Waals surface area contributed by atoms with Crippen LogP contribution in [0, 0.1) is 35.1 Å². The number of alkyl halides is 4. The Kier molecular flexibility index (Phi) is 10.9. The van der Waals surface area contributed by atoms with Gasteiger partial charge in [-0.05, 0) is 62.3 Å². The van der Waals surface area contributed by atoms with Gasteiger partial charge >= 0.3 is 6.11 Å². The molecule has 0 spiro atoms. The second-order valence-corrected chi connectivity index (χ2v) is 10.2. The van der Waals surface area contributed by atoms with Crippen molar-refractivity contribution in [2.24, 2.45) is 11.8 Å². The first-order valence-corrected chi connectivity index (χ1v) is 13.5. The molecule has 1 saturated carbocycles. The number of unbranched alkanes of at least 4 members (excludes halogenated alkanes) is 2. The third kappa shape index (κ3) is 8.16. The zero-order chi connectivity index (χ0) is 29.5. The SMILES string of the molecule is CCCCCC1CCC(C(F)(F)Oc2ccc(CC(F)(F)COc3ccc(OCC)c(F)c3F)c(F)c2F)CC1. The summed E-state index contributed by atoms with van der Waals surface area (Å²) in [5.74, 6) is -13.6. The lowest BCUT2D eigenvalue weighted by Crippen LogP contribution is -2.37. The van der Waals surface area contributed by atoms with E-state index in [1.165, 1.54) is 6.92 Å². The van der Waals surface area contributed by atoms with Gasteiger partial charge in [0.25, 0.3) is 5.92 Å². The molecule has 0 aliphatic heterocycles. The van der Waals surface area contributed by atoms with Crippen molar-refractivity contribution in [1.82, 2.24) is 0 Å². The molecule has 11 heteroatoms. The van der Waals surface area contributed by atoms with Crippen molar-refractivity contribution in [1.29, 1.82) is 0 Å². The first-order valence-electron chi connectivity index (χ1n) is 13.5. The largest absolute Gasteiger partial charge is 0.491 e. The van der Waals surface area contributed by atoms with Crippen LogP contribution in [0.15, 0.2) is 24.3 Å². The van der Waals surface area contributed by atoms with Crippen LogP contribution in [0.3, 0.4) is 0 Å². The molecule has 3 rings (SSSR count). The predicted octanol–water partition coefficient (Wildman–Crippen LogP) is 9.26. The van der Waals surface area contributed by atoms with Gasteiger partial charge in [0, 0.05) is 6.42 Å². The van der Waals surface area contributed by atoms with E-state index in [0.717, 1.165) is 43.9 Å². The summed E-state index contributed by atoms with van der Waals surface area (Å²) in [5.41, 5.74) is -0.826. The zero-order valence-electron chi connectivity index (χ0n) is 22.5. The molecule has 0 unspecified atom stereocenters. The molecule has 40 heavy (non-hydrogen) atoms. The maximum atomic E-state index is 14.8. The topological polar surface area (TPSA) is 27.7 Å². The van der Waals surface area contributed by atoms with E-state index in [1.807, 2.05) is 0 Å². The fourth-order valence-electron chi connectivity index (χ4n) is 4.89. The Balaban J connectivity index is 1.61. The van der Waals surface area contributed by atoms with Gasteiger partial charge in [0.05, 0.1) is 12.5 Å². The monoisotopic (exact) mass is 582 g/mol. The first kappa shape index (κ1) is 31.8. The second kappa shape index (κ2) is 13.8. The summed E-state index contributed by atoms with van der Waals surface area (Å²) in [7, 11) is 0. The number of hydrogen-bond donors (Lipinski definition) is 0. The number of benzene rings is 2. The van der Waals surface area contributed by atoms with Crippen LogP contribution in [0.4, 0.5) is 35.1 Å². The Morgan fingerprint density at radius 2 is 1.30 bits per heavy atom. The number of hydrogen-bond acceptors (Lipinski definition) is 3. The molecular weight excluding hydrogens is 548 g/mol. The summed E-state index contributed by atoms with van der Waals surface area (Å²) >= 11 is 0. The Morgan fingerprint density at radius 1 is 0.725 bits per heavy atom. The molecule has 0 atom stereocenters. The first-order chi connectivity index (χ1) is 18.9. The third-order valence-electron chi connectivity index (χ3n) is 7.11. The Labute approximate surface area is 228 Å². The van der Waals surface area contributed by atoms with Gasteiger partial charge in [0.15, 0.2) is 29.7 Å². The highest BCUT2D eigenvalue weighted by Gasteiger charge is 2.45. The van der Waals surface area contributed by atoms with Crippen molar-refractivity contribution in [3.8, 4) is 17.2 Å². The third-order valence-corrected chi connectivity index (χ3v) is 7.11. The number of ether oxygens (including phenoxy) is 3. The quantitative estimate of drug-likeness (QED) is 0.164. The molecular formula is C29H34F8O3. The number of halogens is 8. The van der Waals surface area contributed by atoms with Crippen molar-refractivity contribution in [2.75, 3.05) is 13.2 Å². The van der Waals surface area contributed by atoms with Gasteiger partial charge in [-0.1, -0.05) is 38.7 Å². The van der Waals surface area contributed by atoms with Crippen molar-refractivity contribution in [2.45, 2.75) is 83.7 Å². The Bertz CT molecular complexity index is 1120. The van der Waals surface area contributed by atoms with Crippen molar-refractivity contribution in [3.63, 3.8) is 0 Å². The van der Waals surface area contributed by atoms with Gasteiger partial charge < -0.3 is 14.2 Å². The number of rotatable bonds is 14. The van der Waals surface area contributed by atoms with Gasteiger partial charge in [-0.2, -0.15) is 22.0 Å². The van der Waals surface area contributed by atoms with Crippen LogP contribution in [0.1, 0.15) is 70.8 Å². The van der Waals surface area contributed by atoms with E-state index in [2.05, 4.69) is 16.4 Å². The van der Waals surface area contributed by atoms with Crippen LogP contribution in [-0.4, -0.2) is 25.2 Å². The smallest absolute Gasteiger partial charge is 0.400 e. The van der Waals surface area contributed by atoms with Crippen LogP contribution in [-0.2, 0) is 6.42 Å². The van der Waals surface area contributed by atoms with E-state index in [1.54, 1.807) is 0 Å². The highest BCUT2D eigenvalue weighted by molar-refractivity contribution is 5.35. The summed E-state index contributed by atoms with van der Waals surface area (Å²) in [6, 6.07) is 3.29. The summed E-state index contributed by atoms with van der Waals surface area (Å²) < 4.78 is 130. The van der Waals surface area contributed by atoms with Gasteiger partial charge in [0.2, 0.25) is 17.5 Å². The average Bonchev–Trinajstić information content (AvgIpc) is 2.91. The standard InChI is InChI=1S/C29H34F8O3/c1-3-5-6-7-18-8-11-20(12-9-18)29(36,37)40-23-13-10-19(24(30)27(23)33)16-28(34,35)17-39-22-15-14-21(38-4-2)25(31)26(22)32/h10,13-15,18,20H,3-9,11-12,16-17H2,1-2H3. The lowest BCUT2D eigenvalue weighted by Gasteiger charge is -2.33. The van der Waals surface area contributed by atoms with Gasteiger partial charge in [0.1, 0.15) is 0 Å². The van der Waals surface area contributed by atoms with Crippen LogP contribution < -0.4 is 14.2 Å². The van der Waals surface area contributed by atoms with Crippen molar-refractivity contribution < 1.29 is 49.3 Å². The molecule has 1 aliphatic rings. The zero-order valence-corrected chi connectivity index (χ0v) is 22.5. The molecule has 0 heterocycles. The molecule has 0 amide bonds. The van der Waals surface area contributed by atoms with E-state index >= 15 is 0 Å². The molecule has 0 saturated heterocycles. The molecule has 0 bridgehead atoms. The molecule has 2 aromatic carbocycles. The lowest BCUT2D eigenvalue weighted by atomic mass is 9.79. The molecule has 2 aromatic rings. The fraction of sp³-hybridized carbons (Fsp3) is 0.586. The normalized spacial score (nSPS) is 18.1. The highest BCUT2D eigenvalue weighted by atomic mass is 19.3. The summed E-state index contributed by atoms with van der Waals surface area (Å²) in [6.45, 7) is 2.17. The van der Waals surface area contributed by atoms with Crippen LogP contribution >= 0.6 is 0 Å². The highest BCUT2D eigenvalue weighted by Crippen LogP contribution is 2.42. The van der Waals surface area contributed by atoms with Crippen molar-refractivity contribution >= 4 is 0 Å². The molecule has 0 radical (unpaired) electrons. The second-order valence-electron chi connectivity index (χ2n) is 10.2. The summed E-state index contributed by atoms with van der Waals surface area (Å²) in [4.78, 5) is 0. The molecule has 224 valence electrons. The van der Waals surface area contributed by atoms with E-state index in [0.29, 0.717) is 24.8 Å². The molecule has 1 aliphatic carbocycles. The minimum absolute atomic E-state index is 0.0401. The fourth-order valence-corrected chi connectivity index (χ4v) is 4.89. The molecule has 0 N–H and O–H groups in total. The van der Waals surface area contributed by atoms with Crippen LogP contribution in [0.2, 0.25) is 0 Å². The Hall–Kier alpha value is -2.72. The van der Waals surface area contributed by atoms with Crippen molar-refractivity contribution in [3.05, 3.63) is 53.1 Å². The van der Waals surface area contributed by atoms with Crippen LogP contribution in [0.25, 0.3) is 0 Å². The molecule has 0 aromatic heterocycles. The maximum Gasteiger partial charge on any atom is 0.400 e. The maximum absolute atomic E-state index is 14.8. The average molecular weight is 583 g/mol. The lowest BCUT2D eigenvalue weighted by molar-refractivity contribution is -0.224. The van der Waals surface area contributed by atoms with E-state index in [9.17, 15) is 35.1 Å². The minimum Gasteiger partial charge on any atom is -0.491 e. The van der Waals surface area contributed by atoms with Crippen LogP contribution in [0.5, 0.6) is 17.2 Å². The van der Waals surface area contributed by atoms with Gasteiger partial charge in [-0.15, -0.1) is 0 Å². The predicted molar refractivity (Wildman–Crippen MR) is 133 cm³/mol.